The zero-order valence-electron chi connectivity index (χ0n) is 16.9. The molecule has 0 bridgehead atoms. The van der Waals surface area contributed by atoms with Crippen LogP contribution in [0.1, 0.15) is 45.0 Å². The third-order valence-electron chi connectivity index (χ3n) is 3.92. The van der Waals surface area contributed by atoms with Gasteiger partial charge in [-0.05, 0) is 31.9 Å². The smallest absolute Gasteiger partial charge is 0.348 e. The van der Waals surface area contributed by atoms with Crippen LogP contribution < -0.4 is 5.32 Å². The fraction of sp³-hybridized carbons (Fsp3) is 0.350. The topological polar surface area (TPSA) is 116 Å². The number of amides is 1. The van der Waals surface area contributed by atoms with Crippen molar-refractivity contribution in [3.63, 3.8) is 0 Å². The van der Waals surface area contributed by atoms with Gasteiger partial charge in [-0.2, -0.15) is 0 Å². The number of anilines is 1. The average Bonchev–Trinajstić information content (AvgIpc) is 2.98. The van der Waals surface area contributed by atoms with Crippen LogP contribution in [0.5, 0.6) is 0 Å². The van der Waals surface area contributed by atoms with E-state index in [1.54, 1.807) is 44.2 Å². The van der Waals surface area contributed by atoms with Crippen molar-refractivity contribution in [3.8, 4) is 0 Å². The molecule has 162 valence electrons. The fourth-order valence-electron chi connectivity index (χ4n) is 2.68. The molecule has 1 aromatic heterocycles. The second kappa shape index (κ2) is 10.4. The predicted octanol–water partition coefficient (Wildman–Crippen LogP) is 2.96. The third-order valence-corrected chi connectivity index (χ3v) is 6.58. The van der Waals surface area contributed by atoms with Crippen molar-refractivity contribution in [2.75, 3.05) is 24.3 Å². The van der Waals surface area contributed by atoms with Crippen LogP contribution in [0.25, 0.3) is 0 Å². The molecule has 0 unspecified atom stereocenters. The van der Waals surface area contributed by atoms with Crippen LogP contribution in [0.3, 0.4) is 0 Å². The lowest BCUT2D eigenvalue weighted by molar-refractivity contribution is -0.113. The maximum absolute atomic E-state index is 12.4. The Kier molecular flexibility index (Phi) is 8.13. The molecular weight excluding hydrogens is 430 g/mol. The molecule has 0 spiro atoms. The first-order chi connectivity index (χ1) is 14.2. The van der Waals surface area contributed by atoms with E-state index in [-0.39, 0.29) is 34.4 Å². The molecule has 2 rings (SSSR count). The Morgan fingerprint density at radius 3 is 2.20 bits per heavy atom. The van der Waals surface area contributed by atoms with Crippen LogP contribution in [0.15, 0.2) is 30.3 Å². The molecule has 30 heavy (non-hydrogen) atoms. The summed E-state index contributed by atoms with van der Waals surface area (Å²) in [5, 5.41) is 2.49. The molecule has 1 amide bonds. The predicted molar refractivity (Wildman–Crippen MR) is 114 cm³/mol. The van der Waals surface area contributed by atoms with E-state index >= 15 is 0 Å². The summed E-state index contributed by atoms with van der Waals surface area (Å²) in [5.74, 6) is -3.22. The van der Waals surface area contributed by atoms with Gasteiger partial charge >= 0.3 is 11.9 Å². The number of rotatable bonds is 9. The maximum Gasteiger partial charge on any atom is 0.348 e. The maximum atomic E-state index is 12.4. The van der Waals surface area contributed by atoms with Crippen molar-refractivity contribution < 1.29 is 32.3 Å². The minimum atomic E-state index is -3.74. The highest BCUT2D eigenvalue weighted by molar-refractivity contribution is 7.91. The van der Waals surface area contributed by atoms with Gasteiger partial charge in [-0.15, -0.1) is 11.3 Å². The summed E-state index contributed by atoms with van der Waals surface area (Å²) in [4.78, 5) is 37.1. The third kappa shape index (κ3) is 6.14. The standard InChI is InChI=1S/C20H23NO7S2/c1-4-27-19(23)16-13(3)17(20(24)28-5-2)29-18(16)21-15(22)12-30(25,26)11-14-9-7-6-8-10-14/h6-10H,4-5,11-12H2,1-3H3,(H,21,22). The van der Waals surface area contributed by atoms with Gasteiger partial charge in [-0.3, -0.25) is 4.79 Å². The molecule has 0 aliphatic carbocycles. The fourth-order valence-corrected chi connectivity index (χ4v) is 5.06. The number of hydrogen-bond donors (Lipinski definition) is 1. The number of carbonyl (C=O) groups excluding carboxylic acids is 3. The highest BCUT2D eigenvalue weighted by atomic mass is 32.2. The molecule has 2 aromatic rings. The normalized spacial score (nSPS) is 11.0. The van der Waals surface area contributed by atoms with Gasteiger partial charge in [-0.1, -0.05) is 30.3 Å². The Hall–Kier alpha value is -2.72. The second-order valence-corrected chi connectivity index (χ2v) is 9.35. The molecule has 0 radical (unpaired) electrons. The Bertz CT molecular complexity index is 1030. The highest BCUT2D eigenvalue weighted by Gasteiger charge is 2.28. The first kappa shape index (κ1) is 23.6. The van der Waals surface area contributed by atoms with E-state index in [0.29, 0.717) is 11.1 Å². The number of nitrogens with one attached hydrogen (secondary N) is 1. The molecule has 0 saturated heterocycles. The van der Waals surface area contributed by atoms with Crippen LogP contribution in [0.2, 0.25) is 0 Å². The molecule has 0 saturated carbocycles. The van der Waals surface area contributed by atoms with Gasteiger partial charge in [0.25, 0.3) is 0 Å². The molecule has 1 aromatic carbocycles. The quantitative estimate of drug-likeness (QED) is 0.580. The number of benzene rings is 1. The van der Waals surface area contributed by atoms with Crippen molar-refractivity contribution in [1.29, 1.82) is 0 Å². The first-order valence-corrected chi connectivity index (χ1v) is 11.8. The minimum absolute atomic E-state index is 0.0127. The molecule has 0 atom stereocenters. The van der Waals surface area contributed by atoms with E-state index in [1.165, 1.54) is 6.92 Å². The lowest BCUT2D eigenvalue weighted by Gasteiger charge is -2.08. The monoisotopic (exact) mass is 453 g/mol. The summed E-state index contributed by atoms with van der Waals surface area (Å²) in [6.07, 6.45) is 0. The van der Waals surface area contributed by atoms with Crippen LogP contribution in [0, 0.1) is 6.92 Å². The first-order valence-electron chi connectivity index (χ1n) is 9.20. The van der Waals surface area contributed by atoms with Gasteiger partial charge in [0, 0.05) is 0 Å². The van der Waals surface area contributed by atoms with E-state index in [1.807, 2.05) is 0 Å². The Morgan fingerprint density at radius 2 is 1.60 bits per heavy atom. The lowest BCUT2D eigenvalue weighted by atomic mass is 10.1. The van der Waals surface area contributed by atoms with E-state index in [0.717, 1.165) is 11.3 Å². The van der Waals surface area contributed by atoms with Crippen molar-refractivity contribution in [2.45, 2.75) is 26.5 Å². The largest absolute Gasteiger partial charge is 0.462 e. The Morgan fingerprint density at radius 1 is 1.00 bits per heavy atom. The number of carbonyl (C=O) groups is 3. The summed E-state index contributed by atoms with van der Waals surface area (Å²) in [7, 11) is -3.74. The lowest BCUT2D eigenvalue weighted by Crippen LogP contribution is -2.24. The molecular formula is C20H23NO7S2. The van der Waals surface area contributed by atoms with Crippen LogP contribution >= 0.6 is 11.3 Å². The molecule has 8 nitrogen and oxygen atoms in total. The van der Waals surface area contributed by atoms with Crippen LogP contribution in [0.4, 0.5) is 5.00 Å². The van der Waals surface area contributed by atoms with E-state index in [9.17, 15) is 22.8 Å². The van der Waals surface area contributed by atoms with Gasteiger partial charge in [0.15, 0.2) is 9.84 Å². The number of ether oxygens (including phenoxy) is 2. The van der Waals surface area contributed by atoms with Gasteiger partial charge < -0.3 is 14.8 Å². The van der Waals surface area contributed by atoms with Gasteiger partial charge in [0.2, 0.25) is 5.91 Å². The summed E-state index contributed by atoms with van der Waals surface area (Å²) in [6, 6.07) is 8.49. The SMILES string of the molecule is CCOC(=O)c1sc(NC(=O)CS(=O)(=O)Cc2ccccc2)c(C(=O)OCC)c1C. The van der Waals surface area contributed by atoms with Crippen molar-refractivity contribution >= 4 is 44.0 Å². The Balaban J connectivity index is 2.25. The molecule has 1 N–H and O–H groups in total. The second-order valence-electron chi connectivity index (χ2n) is 6.27. The van der Waals surface area contributed by atoms with Gasteiger partial charge in [-0.25, -0.2) is 18.0 Å². The summed E-state index contributed by atoms with van der Waals surface area (Å²) >= 11 is 0.845. The van der Waals surface area contributed by atoms with Crippen LogP contribution in [-0.2, 0) is 29.9 Å². The van der Waals surface area contributed by atoms with Gasteiger partial charge in [0.05, 0.1) is 24.5 Å². The molecule has 10 heteroatoms. The van der Waals surface area contributed by atoms with Gasteiger partial charge in [0.1, 0.15) is 15.6 Å². The van der Waals surface area contributed by atoms with E-state index in [4.69, 9.17) is 9.47 Å². The Labute approximate surface area is 179 Å². The highest BCUT2D eigenvalue weighted by Crippen LogP contribution is 2.34. The number of esters is 2. The molecule has 0 fully saturated rings. The van der Waals surface area contributed by atoms with Crippen LogP contribution in [-0.4, -0.2) is 45.2 Å². The van der Waals surface area contributed by atoms with E-state index in [2.05, 4.69) is 5.32 Å². The summed E-state index contributed by atoms with van der Waals surface area (Å²) < 4.78 is 34.7. The summed E-state index contributed by atoms with van der Waals surface area (Å²) in [6.45, 7) is 5.05. The number of hydrogen-bond acceptors (Lipinski definition) is 8. The zero-order chi connectivity index (χ0) is 22.3. The van der Waals surface area contributed by atoms with Crippen molar-refractivity contribution in [2.24, 2.45) is 0 Å². The number of thiophene rings is 1. The zero-order valence-corrected chi connectivity index (χ0v) is 18.5. The molecule has 0 aliphatic heterocycles. The molecule has 0 aliphatic rings. The number of sulfone groups is 1. The average molecular weight is 454 g/mol. The molecule has 1 heterocycles. The summed E-state index contributed by atoms with van der Waals surface area (Å²) in [5.41, 5.74) is 0.882. The van der Waals surface area contributed by atoms with Crippen molar-refractivity contribution in [3.05, 3.63) is 51.9 Å². The minimum Gasteiger partial charge on any atom is -0.462 e. The van der Waals surface area contributed by atoms with Crippen molar-refractivity contribution in [1.82, 2.24) is 0 Å². The van der Waals surface area contributed by atoms with E-state index < -0.39 is 33.4 Å².